The number of hydrogen-bond acceptors (Lipinski definition) is 7. The van der Waals surface area contributed by atoms with Crippen LogP contribution in [0.25, 0.3) is 39.3 Å². The molecule has 288 valence electrons. The monoisotopic (exact) mass is 737 g/mol. The van der Waals surface area contributed by atoms with E-state index in [1.54, 1.807) is 6.92 Å². The number of aliphatic carboxylic acids is 2. The molecule has 0 aliphatic carbocycles. The van der Waals surface area contributed by atoms with Crippen LogP contribution in [0.3, 0.4) is 0 Å². The molecule has 5 rings (SSSR count). The fraction of sp³-hybridized carbons (Fsp3) is 0.452. The number of nitrogens with zero attached hydrogens (tertiary/aromatic N) is 3. The maximum Gasteiger partial charge on any atom is 0.338 e. The Morgan fingerprint density at radius 2 is 1.61 bits per heavy atom. The second kappa shape index (κ2) is 17.4. The van der Waals surface area contributed by atoms with Crippen molar-refractivity contribution in [2.24, 2.45) is 0 Å². The Morgan fingerprint density at radius 1 is 0.907 bits per heavy atom. The second-order valence-electron chi connectivity index (χ2n) is 14.2. The molecule has 12 nitrogen and oxygen atoms in total. The number of carboxylic acids is 2. The molecular formula is C42H55N7O5. The number of allylic oxidation sites excluding steroid dienone is 1. The van der Waals surface area contributed by atoms with Crippen molar-refractivity contribution in [1.82, 2.24) is 35.5 Å². The molecule has 0 saturated heterocycles. The molecule has 6 N–H and O–H groups in total. The van der Waals surface area contributed by atoms with Crippen LogP contribution in [0.1, 0.15) is 110 Å². The molecule has 12 heteroatoms. The lowest BCUT2D eigenvalue weighted by Gasteiger charge is -2.18. The number of likely N-dealkylation sites (N-methyl/N-ethyl adjacent to an activating group) is 1. The standard InChI is InChI=1S/C42H55N7O5/c1-9-27-23(5)31-20-33-25(7)29(13-14-38(51)52)40(47-33)30(19-37(50)44-16-15-43-17-18-49(11-3)12-4)41-39(42(53)54)26(8)34(48-41)22-36-28(10-2)24(6)32(46-36)21-35(27)45-31/h9,20-22,25,29,43,45-46H,1,10-19H2,2-8H3,(H,44,50)(H,51,52)(H,53,54). The van der Waals surface area contributed by atoms with Crippen LogP contribution in [0, 0.1) is 13.8 Å². The summed E-state index contributed by atoms with van der Waals surface area (Å²) in [6.45, 7) is 22.8. The summed E-state index contributed by atoms with van der Waals surface area (Å²) >= 11 is 0. The number of aromatic amines is 2. The highest BCUT2D eigenvalue weighted by molar-refractivity contribution is 6.24. The van der Waals surface area contributed by atoms with Gasteiger partial charge in [0.15, 0.2) is 0 Å². The topological polar surface area (TPSA) is 176 Å². The van der Waals surface area contributed by atoms with Crippen LogP contribution in [-0.4, -0.2) is 92.2 Å². The summed E-state index contributed by atoms with van der Waals surface area (Å²) in [5.74, 6) is -3.05. The molecule has 8 bridgehead atoms. The fourth-order valence-corrected chi connectivity index (χ4v) is 7.79. The van der Waals surface area contributed by atoms with Gasteiger partial charge in [-0.2, -0.15) is 0 Å². The number of carbonyl (C=O) groups is 3. The van der Waals surface area contributed by atoms with Crippen molar-refractivity contribution in [2.45, 2.75) is 86.0 Å². The normalized spacial score (nSPS) is 15.6. The van der Waals surface area contributed by atoms with Crippen LogP contribution in [0.15, 0.2) is 24.8 Å². The second-order valence-corrected chi connectivity index (χ2v) is 14.2. The van der Waals surface area contributed by atoms with Gasteiger partial charge in [-0.25, -0.2) is 9.78 Å². The van der Waals surface area contributed by atoms with E-state index in [1.165, 1.54) is 0 Å². The number of rotatable bonds is 16. The lowest BCUT2D eigenvalue weighted by atomic mass is 9.84. The summed E-state index contributed by atoms with van der Waals surface area (Å²) in [6.07, 6.45) is 2.52. The Bertz CT molecular complexity index is 2140. The van der Waals surface area contributed by atoms with Gasteiger partial charge in [0.1, 0.15) is 0 Å². The minimum atomic E-state index is -1.16. The minimum Gasteiger partial charge on any atom is -0.481 e. The molecule has 2 atom stereocenters. The van der Waals surface area contributed by atoms with E-state index in [2.05, 4.69) is 65.8 Å². The van der Waals surface area contributed by atoms with Gasteiger partial charge in [0.05, 0.1) is 29.1 Å². The van der Waals surface area contributed by atoms with E-state index in [9.17, 15) is 24.6 Å². The highest BCUT2D eigenvalue weighted by Gasteiger charge is 2.35. The molecule has 1 amide bonds. The van der Waals surface area contributed by atoms with Gasteiger partial charge in [0.25, 0.3) is 0 Å². The first-order valence-corrected chi connectivity index (χ1v) is 19.1. The summed E-state index contributed by atoms with van der Waals surface area (Å²) in [5.41, 5.74) is 10.3. The highest BCUT2D eigenvalue weighted by Crippen LogP contribution is 2.43. The van der Waals surface area contributed by atoms with Crippen LogP contribution in [0.5, 0.6) is 0 Å². The predicted molar refractivity (Wildman–Crippen MR) is 215 cm³/mol. The van der Waals surface area contributed by atoms with E-state index < -0.39 is 17.9 Å². The quantitative estimate of drug-likeness (QED) is 0.0897. The van der Waals surface area contributed by atoms with Gasteiger partial charge >= 0.3 is 11.9 Å². The van der Waals surface area contributed by atoms with Crippen molar-refractivity contribution in [3.05, 3.63) is 75.4 Å². The molecule has 2 unspecified atom stereocenters. The molecule has 54 heavy (non-hydrogen) atoms. The first-order valence-electron chi connectivity index (χ1n) is 19.1. The number of aromatic nitrogens is 4. The van der Waals surface area contributed by atoms with Crippen molar-refractivity contribution < 1.29 is 24.6 Å². The Morgan fingerprint density at radius 3 is 2.26 bits per heavy atom. The number of nitrogens with one attached hydrogen (secondary N) is 4. The molecule has 0 fully saturated rings. The largest absolute Gasteiger partial charge is 0.481 e. The average Bonchev–Trinajstić information content (AvgIpc) is 3.82. The first kappa shape index (κ1) is 40.1. The van der Waals surface area contributed by atoms with Crippen molar-refractivity contribution in [3.8, 4) is 0 Å². The number of amides is 1. The zero-order valence-electron chi connectivity index (χ0n) is 32.7. The summed E-state index contributed by atoms with van der Waals surface area (Å²) in [5, 5.41) is 26.8. The van der Waals surface area contributed by atoms with Gasteiger partial charge in [0.2, 0.25) is 5.91 Å². The molecule has 0 radical (unpaired) electrons. The Balaban J connectivity index is 1.77. The molecule has 0 aromatic carbocycles. The smallest absolute Gasteiger partial charge is 0.338 e. The van der Waals surface area contributed by atoms with Crippen molar-refractivity contribution >= 4 is 57.1 Å². The lowest BCUT2D eigenvalue weighted by Crippen LogP contribution is -2.37. The van der Waals surface area contributed by atoms with E-state index in [0.717, 1.165) is 76.9 Å². The van der Waals surface area contributed by atoms with Gasteiger partial charge in [-0.15, -0.1) is 0 Å². The van der Waals surface area contributed by atoms with E-state index in [1.807, 2.05) is 32.1 Å². The van der Waals surface area contributed by atoms with Gasteiger partial charge in [-0.3, -0.25) is 14.6 Å². The first-order chi connectivity index (χ1) is 25.8. The van der Waals surface area contributed by atoms with E-state index in [4.69, 9.17) is 9.97 Å². The SMILES string of the molecule is C=Cc1c(C)c2cc3nc(c(CC(=O)NCCNCCN(CC)CC)c4nc(cc5[nH]c(cc1[nH]2)c(C)c5CC)C(C)=C4C(=O)O)C(CCC(=O)O)C3C. The maximum atomic E-state index is 13.8. The van der Waals surface area contributed by atoms with Gasteiger partial charge in [-0.1, -0.05) is 40.3 Å². The van der Waals surface area contributed by atoms with Crippen molar-refractivity contribution in [3.63, 3.8) is 0 Å². The van der Waals surface area contributed by atoms with Crippen molar-refractivity contribution in [1.29, 1.82) is 0 Å². The van der Waals surface area contributed by atoms with Gasteiger partial charge < -0.3 is 35.7 Å². The number of H-pyrrole nitrogens is 2. The Kier molecular flexibility index (Phi) is 12.9. The third kappa shape index (κ3) is 8.34. The Labute approximate surface area is 317 Å². The zero-order valence-corrected chi connectivity index (χ0v) is 32.7. The molecule has 2 aliphatic heterocycles. The van der Waals surface area contributed by atoms with Gasteiger partial charge in [0, 0.05) is 83.3 Å². The molecule has 0 spiro atoms. The van der Waals surface area contributed by atoms with Crippen LogP contribution >= 0.6 is 0 Å². The molecule has 3 aromatic rings. The van der Waals surface area contributed by atoms with Crippen LogP contribution in [0.4, 0.5) is 0 Å². The summed E-state index contributed by atoms with van der Waals surface area (Å²) < 4.78 is 0. The van der Waals surface area contributed by atoms with Crippen LogP contribution in [-0.2, 0) is 27.2 Å². The molecular weight excluding hydrogens is 683 g/mol. The lowest BCUT2D eigenvalue weighted by molar-refractivity contribution is -0.137. The van der Waals surface area contributed by atoms with Gasteiger partial charge in [-0.05, 0) is 87.2 Å². The fourth-order valence-electron chi connectivity index (χ4n) is 7.79. The van der Waals surface area contributed by atoms with E-state index >= 15 is 0 Å². The molecule has 0 saturated carbocycles. The molecule has 2 aliphatic rings. The number of hydrogen-bond donors (Lipinski definition) is 6. The zero-order chi connectivity index (χ0) is 39.3. The highest BCUT2D eigenvalue weighted by atomic mass is 16.4. The number of carbonyl (C=O) groups excluding carboxylic acids is 1. The van der Waals surface area contributed by atoms with E-state index in [0.29, 0.717) is 41.3 Å². The maximum absolute atomic E-state index is 13.8. The van der Waals surface area contributed by atoms with Crippen molar-refractivity contribution in [2.75, 3.05) is 39.3 Å². The van der Waals surface area contributed by atoms with Crippen LogP contribution < -0.4 is 10.6 Å². The van der Waals surface area contributed by atoms with E-state index in [-0.39, 0.29) is 42.4 Å². The summed E-state index contributed by atoms with van der Waals surface area (Å²) in [7, 11) is 0. The predicted octanol–water partition coefficient (Wildman–Crippen LogP) is 6.49. The van der Waals surface area contributed by atoms with Crippen LogP contribution in [0.2, 0.25) is 0 Å². The number of fused-ring (bicyclic) bond motifs is 8. The Hall–Kier alpha value is -5.07. The average molecular weight is 738 g/mol. The molecule has 5 heterocycles. The third-order valence-electron chi connectivity index (χ3n) is 11.1. The number of carboxylic acid groups (broad SMARTS) is 2. The third-order valence-corrected chi connectivity index (χ3v) is 11.1. The number of aryl methyl sites for hydroxylation is 3. The summed E-state index contributed by atoms with van der Waals surface area (Å²) in [6, 6.07) is 5.93. The minimum absolute atomic E-state index is 0.00405. The summed E-state index contributed by atoms with van der Waals surface area (Å²) in [4.78, 5) is 58.3. The molecule has 3 aromatic heterocycles.